The first-order valence-electron chi connectivity index (χ1n) is 4.99. The normalized spacial score (nSPS) is 14.9. The highest BCUT2D eigenvalue weighted by Crippen LogP contribution is 2.28. The van der Waals surface area contributed by atoms with Crippen LogP contribution in [0.5, 0.6) is 0 Å². The smallest absolute Gasteiger partial charge is 0.223 e. The zero-order chi connectivity index (χ0) is 11.7. The van der Waals surface area contributed by atoms with Gasteiger partial charge >= 0.3 is 0 Å². The summed E-state index contributed by atoms with van der Waals surface area (Å²) in [6.45, 7) is -0.113. The molecule has 5 heteroatoms. The molecule has 1 aromatic rings. The molecule has 0 atom stereocenters. The molecule has 1 aliphatic carbocycles. The van der Waals surface area contributed by atoms with Gasteiger partial charge in [-0.3, -0.25) is 4.79 Å². The largest absolute Gasteiger partial charge is 0.352 e. The Morgan fingerprint density at radius 2 is 1.94 bits per heavy atom. The van der Waals surface area contributed by atoms with Gasteiger partial charge in [-0.05, 0) is 18.9 Å². The van der Waals surface area contributed by atoms with Crippen LogP contribution in [-0.2, 0) is 11.3 Å². The maximum atomic E-state index is 13.2. The molecule has 86 valence electrons. The highest BCUT2D eigenvalue weighted by atomic mass is 19.2. The van der Waals surface area contributed by atoms with Crippen LogP contribution in [0, 0.1) is 23.4 Å². The Balaban J connectivity index is 2.03. The second-order valence-electron chi connectivity index (χ2n) is 3.83. The number of rotatable bonds is 3. The maximum absolute atomic E-state index is 13.2. The van der Waals surface area contributed by atoms with E-state index in [4.69, 9.17) is 0 Å². The van der Waals surface area contributed by atoms with Gasteiger partial charge in [-0.25, -0.2) is 13.2 Å². The number of benzene rings is 1. The van der Waals surface area contributed by atoms with Crippen LogP contribution in [0.1, 0.15) is 18.4 Å². The van der Waals surface area contributed by atoms with Crippen molar-refractivity contribution in [1.29, 1.82) is 0 Å². The van der Waals surface area contributed by atoms with Crippen molar-refractivity contribution in [3.8, 4) is 0 Å². The minimum atomic E-state index is -1.50. The highest BCUT2D eigenvalue weighted by molar-refractivity contribution is 5.80. The Morgan fingerprint density at radius 3 is 2.56 bits per heavy atom. The summed E-state index contributed by atoms with van der Waals surface area (Å²) in [4.78, 5) is 11.2. The van der Waals surface area contributed by atoms with E-state index in [1.807, 2.05) is 0 Å². The number of carbonyl (C=O) groups is 1. The van der Waals surface area contributed by atoms with Gasteiger partial charge < -0.3 is 5.32 Å². The van der Waals surface area contributed by atoms with Crippen molar-refractivity contribution >= 4 is 5.91 Å². The Labute approximate surface area is 90.5 Å². The molecule has 2 nitrogen and oxygen atoms in total. The molecule has 1 fully saturated rings. The predicted molar refractivity (Wildman–Crippen MR) is 50.9 cm³/mol. The van der Waals surface area contributed by atoms with Gasteiger partial charge in [0.2, 0.25) is 5.91 Å². The fourth-order valence-electron chi connectivity index (χ4n) is 1.37. The van der Waals surface area contributed by atoms with Crippen molar-refractivity contribution in [2.45, 2.75) is 19.4 Å². The van der Waals surface area contributed by atoms with Crippen LogP contribution in [0.4, 0.5) is 13.2 Å². The first-order chi connectivity index (χ1) is 7.59. The number of hydrogen-bond donors (Lipinski definition) is 1. The molecule has 0 aliphatic heterocycles. The molecular weight excluding hydrogens is 219 g/mol. The molecule has 1 amide bonds. The van der Waals surface area contributed by atoms with Crippen LogP contribution < -0.4 is 5.32 Å². The number of carbonyl (C=O) groups excluding carboxylic acids is 1. The van der Waals surface area contributed by atoms with Crippen molar-refractivity contribution in [2.75, 3.05) is 0 Å². The van der Waals surface area contributed by atoms with Crippen LogP contribution in [0.25, 0.3) is 0 Å². The number of halogens is 3. The molecule has 1 aromatic carbocycles. The van der Waals surface area contributed by atoms with Gasteiger partial charge in [0, 0.05) is 18.0 Å². The molecule has 0 spiro atoms. The zero-order valence-corrected chi connectivity index (χ0v) is 8.40. The van der Waals surface area contributed by atoms with Crippen LogP contribution >= 0.6 is 0 Å². The van der Waals surface area contributed by atoms with Gasteiger partial charge in [0.05, 0.1) is 0 Å². The lowest BCUT2D eigenvalue weighted by atomic mass is 10.2. The second kappa shape index (κ2) is 4.15. The summed E-state index contributed by atoms with van der Waals surface area (Å²) in [7, 11) is 0. The van der Waals surface area contributed by atoms with E-state index in [9.17, 15) is 18.0 Å². The second-order valence-corrected chi connectivity index (χ2v) is 3.83. The van der Waals surface area contributed by atoms with Gasteiger partial charge in [-0.1, -0.05) is 6.07 Å². The van der Waals surface area contributed by atoms with E-state index in [0.717, 1.165) is 25.0 Å². The van der Waals surface area contributed by atoms with E-state index in [1.165, 1.54) is 0 Å². The minimum Gasteiger partial charge on any atom is -0.352 e. The standard InChI is InChI=1S/C11H10F3NO/c12-8-4-3-7(9(13)10(8)14)5-15-11(16)6-1-2-6/h3-4,6H,1-2,5H2,(H,15,16). The summed E-state index contributed by atoms with van der Waals surface area (Å²) in [5, 5.41) is 2.48. The van der Waals surface area contributed by atoms with Crippen molar-refractivity contribution in [2.24, 2.45) is 5.92 Å². The molecule has 0 saturated heterocycles. The third-order valence-electron chi connectivity index (χ3n) is 2.52. The van der Waals surface area contributed by atoms with Crippen LogP contribution in [-0.4, -0.2) is 5.91 Å². The molecule has 1 aliphatic rings. The Bertz CT molecular complexity index is 429. The Morgan fingerprint density at radius 1 is 1.25 bits per heavy atom. The number of amides is 1. The summed E-state index contributed by atoms with van der Waals surface area (Å²) in [6, 6.07) is 1.97. The van der Waals surface area contributed by atoms with Gasteiger partial charge in [0.25, 0.3) is 0 Å². The van der Waals surface area contributed by atoms with E-state index < -0.39 is 17.5 Å². The van der Waals surface area contributed by atoms with Crippen molar-refractivity contribution in [3.63, 3.8) is 0 Å². The molecule has 1 N–H and O–H groups in total. The first-order valence-corrected chi connectivity index (χ1v) is 4.99. The summed E-state index contributed by atoms with van der Waals surface area (Å²) in [5.41, 5.74) is -0.0482. The van der Waals surface area contributed by atoms with E-state index in [-0.39, 0.29) is 23.9 Å². The molecule has 0 unspecified atom stereocenters. The van der Waals surface area contributed by atoms with E-state index >= 15 is 0 Å². The van der Waals surface area contributed by atoms with Gasteiger partial charge in [0.1, 0.15) is 0 Å². The molecule has 16 heavy (non-hydrogen) atoms. The molecule has 1 saturated carbocycles. The quantitative estimate of drug-likeness (QED) is 0.790. The van der Waals surface area contributed by atoms with E-state index in [1.54, 1.807) is 0 Å². The van der Waals surface area contributed by atoms with Crippen LogP contribution in [0.15, 0.2) is 12.1 Å². The fourth-order valence-corrected chi connectivity index (χ4v) is 1.37. The molecular formula is C11H10F3NO. The Kier molecular flexibility index (Phi) is 2.85. The van der Waals surface area contributed by atoms with E-state index in [0.29, 0.717) is 0 Å². The zero-order valence-electron chi connectivity index (χ0n) is 8.40. The van der Waals surface area contributed by atoms with Gasteiger partial charge in [-0.2, -0.15) is 0 Å². The summed E-state index contributed by atoms with van der Waals surface area (Å²) < 4.78 is 38.6. The topological polar surface area (TPSA) is 29.1 Å². The average molecular weight is 229 g/mol. The molecule has 0 radical (unpaired) electrons. The van der Waals surface area contributed by atoms with Crippen LogP contribution in [0.3, 0.4) is 0 Å². The summed E-state index contributed by atoms with van der Waals surface area (Å²) in [6.07, 6.45) is 1.68. The number of nitrogens with one attached hydrogen (secondary N) is 1. The van der Waals surface area contributed by atoms with Gasteiger partial charge in [-0.15, -0.1) is 0 Å². The predicted octanol–water partition coefficient (Wildman–Crippen LogP) is 2.13. The SMILES string of the molecule is O=C(NCc1ccc(F)c(F)c1F)C1CC1. The summed E-state index contributed by atoms with van der Waals surface area (Å²) in [5.74, 6) is -4.12. The monoisotopic (exact) mass is 229 g/mol. The van der Waals surface area contributed by atoms with E-state index in [2.05, 4.69) is 5.32 Å². The highest BCUT2D eigenvalue weighted by Gasteiger charge is 2.29. The maximum Gasteiger partial charge on any atom is 0.223 e. The van der Waals surface area contributed by atoms with Crippen molar-refractivity contribution < 1.29 is 18.0 Å². The molecule has 0 aromatic heterocycles. The lowest BCUT2D eigenvalue weighted by molar-refractivity contribution is -0.122. The molecule has 2 rings (SSSR count). The lowest BCUT2D eigenvalue weighted by Crippen LogP contribution is -2.24. The Hall–Kier alpha value is -1.52. The average Bonchev–Trinajstić information content (AvgIpc) is 3.08. The lowest BCUT2D eigenvalue weighted by Gasteiger charge is -2.06. The minimum absolute atomic E-state index is 0.00774. The number of hydrogen-bond acceptors (Lipinski definition) is 1. The third kappa shape index (κ3) is 2.18. The van der Waals surface area contributed by atoms with Gasteiger partial charge in [0.15, 0.2) is 17.5 Å². The third-order valence-corrected chi connectivity index (χ3v) is 2.52. The molecule has 0 bridgehead atoms. The molecule has 0 heterocycles. The van der Waals surface area contributed by atoms with Crippen molar-refractivity contribution in [3.05, 3.63) is 35.1 Å². The van der Waals surface area contributed by atoms with Crippen LogP contribution in [0.2, 0.25) is 0 Å². The van der Waals surface area contributed by atoms with Crippen molar-refractivity contribution in [1.82, 2.24) is 5.32 Å². The summed E-state index contributed by atoms with van der Waals surface area (Å²) >= 11 is 0. The fraction of sp³-hybridized carbons (Fsp3) is 0.364. The first kappa shape index (κ1) is 11.0.